The number of benzene rings is 2. The molecule has 0 aliphatic heterocycles. The number of carbonyl (C=O) groups excluding carboxylic acids is 1. The van der Waals surface area contributed by atoms with Crippen LogP contribution in [0.3, 0.4) is 0 Å². The minimum Gasteiger partial charge on any atom is -0.366 e. The van der Waals surface area contributed by atoms with E-state index in [9.17, 15) is 4.79 Å². The van der Waals surface area contributed by atoms with Crippen molar-refractivity contribution in [3.8, 4) is 5.69 Å². The second kappa shape index (κ2) is 4.28. The summed E-state index contributed by atoms with van der Waals surface area (Å²) in [5.74, 6) is -0.400. The Bertz CT molecular complexity index is 771. The van der Waals surface area contributed by atoms with Gasteiger partial charge in [0.05, 0.1) is 11.1 Å². The molecular formula is C16H14N2O. The number of primary amides is 1. The van der Waals surface area contributed by atoms with Crippen LogP contribution in [0.15, 0.2) is 54.7 Å². The molecule has 0 saturated carbocycles. The first-order chi connectivity index (χ1) is 9.18. The first kappa shape index (κ1) is 11.5. The number of amides is 1. The monoisotopic (exact) mass is 250 g/mol. The summed E-state index contributed by atoms with van der Waals surface area (Å²) in [6.07, 6.45) is 1.81. The smallest absolute Gasteiger partial charge is 0.250 e. The SMILES string of the molecule is Cc1ccccc1-n1cc(C(N)=O)c2ccccc21. The van der Waals surface area contributed by atoms with Gasteiger partial charge in [0.15, 0.2) is 0 Å². The number of fused-ring (bicyclic) bond motifs is 1. The van der Waals surface area contributed by atoms with Gasteiger partial charge in [0.25, 0.3) is 5.91 Å². The van der Waals surface area contributed by atoms with E-state index in [-0.39, 0.29) is 0 Å². The Hall–Kier alpha value is -2.55. The fraction of sp³-hybridized carbons (Fsp3) is 0.0625. The van der Waals surface area contributed by atoms with Gasteiger partial charge in [-0.05, 0) is 24.6 Å². The van der Waals surface area contributed by atoms with E-state index in [0.29, 0.717) is 5.56 Å². The molecule has 94 valence electrons. The molecule has 0 aliphatic rings. The Labute approximate surface area is 111 Å². The highest BCUT2D eigenvalue weighted by Crippen LogP contribution is 2.26. The van der Waals surface area contributed by atoms with E-state index in [1.54, 1.807) is 0 Å². The maximum Gasteiger partial charge on any atom is 0.250 e. The van der Waals surface area contributed by atoms with E-state index in [1.807, 2.05) is 66.2 Å². The lowest BCUT2D eigenvalue weighted by atomic mass is 10.1. The molecule has 0 aliphatic carbocycles. The molecule has 0 saturated heterocycles. The molecule has 3 nitrogen and oxygen atoms in total. The number of para-hydroxylation sites is 2. The molecule has 19 heavy (non-hydrogen) atoms. The van der Waals surface area contributed by atoms with Crippen LogP contribution in [0.5, 0.6) is 0 Å². The van der Waals surface area contributed by atoms with E-state index in [1.165, 1.54) is 0 Å². The fourth-order valence-corrected chi connectivity index (χ4v) is 2.41. The molecule has 2 N–H and O–H groups in total. The van der Waals surface area contributed by atoms with Gasteiger partial charge in [0.2, 0.25) is 0 Å². The molecule has 0 unspecified atom stereocenters. The maximum absolute atomic E-state index is 11.6. The zero-order valence-electron chi connectivity index (χ0n) is 10.6. The molecule has 2 aromatic carbocycles. The van der Waals surface area contributed by atoms with Crippen molar-refractivity contribution in [2.75, 3.05) is 0 Å². The summed E-state index contributed by atoms with van der Waals surface area (Å²) in [5.41, 5.74) is 9.22. The van der Waals surface area contributed by atoms with Crippen molar-refractivity contribution in [2.24, 2.45) is 5.73 Å². The van der Waals surface area contributed by atoms with Crippen molar-refractivity contribution in [3.05, 3.63) is 65.9 Å². The van der Waals surface area contributed by atoms with Crippen LogP contribution in [0, 0.1) is 6.92 Å². The van der Waals surface area contributed by atoms with Crippen LogP contribution in [0.2, 0.25) is 0 Å². The van der Waals surface area contributed by atoms with Gasteiger partial charge in [-0.25, -0.2) is 0 Å². The summed E-state index contributed by atoms with van der Waals surface area (Å²) in [6, 6.07) is 15.9. The molecule has 0 spiro atoms. The fourth-order valence-electron chi connectivity index (χ4n) is 2.41. The first-order valence-corrected chi connectivity index (χ1v) is 6.14. The lowest BCUT2D eigenvalue weighted by Gasteiger charge is -2.08. The standard InChI is InChI=1S/C16H14N2O/c1-11-6-2-4-8-14(11)18-10-13(16(17)19)12-7-3-5-9-15(12)18/h2-10H,1H3,(H2,17,19). The van der Waals surface area contributed by atoms with Gasteiger partial charge in [-0.15, -0.1) is 0 Å². The van der Waals surface area contributed by atoms with Gasteiger partial charge in [-0.1, -0.05) is 36.4 Å². The highest BCUT2D eigenvalue weighted by atomic mass is 16.1. The van der Waals surface area contributed by atoms with Crippen LogP contribution < -0.4 is 5.73 Å². The number of nitrogens with two attached hydrogens (primary N) is 1. The average molecular weight is 250 g/mol. The molecule has 0 fully saturated rings. The lowest BCUT2D eigenvalue weighted by Crippen LogP contribution is -2.10. The number of hydrogen-bond donors (Lipinski definition) is 1. The third-order valence-electron chi connectivity index (χ3n) is 3.35. The van der Waals surface area contributed by atoms with E-state index >= 15 is 0 Å². The number of aryl methyl sites for hydroxylation is 1. The number of aromatic nitrogens is 1. The third kappa shape index (κ3) is 1.80. The summed E-state index contributed by atoms with van der Waals surface area (Å²) in [7, 11) is 0. The van der Waals surface area contributed by atoms with Crippen LogP contribution in [-0.4, -0.2) is 10.5 Å². The Morgan fingerprint density at radius 2 is 1.74 bits per heavy atom. The van der Waals surface area contributed by atoms with Crippen LogP contribution in [0.1, 0.15) is 15.9 Å². The Morgan fingerprint density at radius 3 is 2.47 bits per heavy atom. The highest BCUT2D eigenvalue weighted by molar-refractivity contribution is 6.06. The first-order valence-electron chi connectivity index (χ1n) is 6.14. The third-order valence-corrected chi connectivity index (χ3v) is 3.35. The van der Waals surface area contributed by atoms with Crippen molar-refractivity contribution < 1.29 is 4.79 Å². The quantitative estimate of drug-likeness (QED) is 0.746. The number of nitrogens with zero attached hydrogens (tertiary/aromatic N) is 1. The highest BCUT2D eigenvalue weighted by Gasteiger charge is 2.13. The van der Waals surface area contributed by atoms with Crippen molar-refractivity contribution in [2.45, 2.75) is 6.92 Å². The number of carbonyl (C=O) groups is 1. The minimum absolute atomic E-state index is 0.400. The molecular weight excluding hydrogens is 236 g/mol. The van der Waals surface area contributed by atoms with Crippen molar-refractivity contribution in [3.63, 3.8) is 0 Å². The van der Waals surface area contributed by atoms with Crippen LogP contribution in [0.4, 0.5) is 0 Å². The van der Waals surface area contributed by atoms with Crippen molar-refractivity contribution in [1.82, 2.24) is 4.57 Å². The summed E-state index contributed by atoms with van der Waals surface area (Å²) >= 11 is 0. The maximum atomic E-state index is 11.6. The van der Waals surface area contributed by atoms with E-state index in [4.69, 9.17) is 5.73 Å². The van der Waals surface area contributed by atoms with Gasteiger partial charge >= 0.3 is 0 Å². The molecule has 1 aromatic heterocycles. The van der Waals surface area contributed by atoms with E-state index in [0.717, 1.165) is 22.2 Å². The second-order valence-corrected chi connectivity index (χ2v) is 4.58. The van der Waals surface area contributed by atoms with Gasteiger partial charge in [0.1, 0.15) is 0 Å². The average Bonchev–Trinajstić information content (AvgIpc) is 2.79. The Balaban J connectivity index is 2.37. The zero-order valence-corrected chi connectivity index (χ0v) is 10.6. The Kier molecular flexibility index (Phi) is 2.60. The molecule has 0 atom stereocenters. The van der Waals surface area contributed by atoms with Crippen LogP contribution in [-0.2, 0) is 0 Å². The second-order valence-electron chi connectivity index (χ2n) is 4.58. The predicted molar refractivity (Wildman–Crippen MR) is 76.5 cm³/mol. The van der Waals surface area contributed by atoms with Gasteiger partial charge in [0, 0.05) is 17.3 Å². The Morgan fingerprint density at radius 1 is 1.05 bits per heavy atom. The minimum atomic E-state index is -0.400. The number of hydrogen-bond acceptors (Lipinski definition) is 1. The number of rotatable bonds is 2. The zero-order chi connectivity index (χ0) is 13.4. The molecule has 1 amide bonds. The van der Waals surface area contributed by atoms with Gasteiger partial charge < -0.3 is 10.3 Å². The van der Waals surface area contributed by atoms with Crippen LogP contribution in [0.25, 0.3) is 16.6 Å². The van der Waals surface area contributed by atoms with Gasteiger partial charge in [-0.2, -0.15) is 0 Å². The van der Waals surface area contributed by atoms with Crippen molar-refractivity contribution in [1.29, 1.82) is 0 Å². The summed E-state index contributed by atoms with van der Waals surface area (Å²) in [5, 5.41) is 0.887. The summed E-state index contributed by atoms with van der Waals surface area (Å²) in [6.45, 7) is 2.05. The molecule has 3 aromatic rings. The molecule has 3 heteroatoms. The largest absolute Gasteiger partial charge is 0.366 e. The molecule has 1 heterocycles. The summed E-state index contributed by atoms with van der Waals surface area (Å²) in [4.78, 5) is 11.6. The van der Waals surface area contributed by atoms with E-state index in [2.05, 4.69) is 0 Å². The van der Waals surface area contributed by atoms with Gasteiger partial charge in [-0.3, -0.25) is 4.79 Å². The summed E-state index contributed by atoms with van der Waals surface area (Å²) < 4.78 is 2.02. The van der Waals surface area contributed by atoms with E-state index < -0.39 is 5.91 Å². The molecule has 3 rings (SSSR count). The topological polar surface area (TPSA) is 48.0 Å². The normalized spacial score (nSPS) is 10.8. The van der Waals surface area contributed by atoms with Crippen molar-refractivity contribution >= 4 is 16.8 Å². The lowest BCUT2D eigenvalue weighted by molar-refractivity contribution is 0.100. The van der Waals surface area contributed by atoms with Crippen LogP contribution >= 0.6 is 0 Å². The molecule has 0 radical (unpaired) electrons. The molecule has 0 bridgehead atoms. The predicted octanol–water partition coefficient (Wildman–Crippen LogP) is 3.04.